The van der Waals surface area contributed by atoms with Gasteiger partial charge in [-0.15, -0.1) is 0 Å². The Kier molecular flexibility index (Phi) is 4.94. The second-order valence-electron chi connectivity index (χ2n) is 6.15. The molecule has 0 aliphatic carbocycles. The number of hydrogen-bond acceptors (Lipinski definition) is 2. The van der Waals surface area contributed by atoms with Gasteiger partial charge in [0.1, 0.15) is 0 Å². The Balaban J connectivity index is 2.23. The lowest BCUT2D eigenvalue weighted by Gasteiger charge is -2.15. The Morgan fingerprint density at radius 2 is 1.27 bits per heavy atom. The van der Waals surface area contributed by atoms with E-state index < -0.39 is 8.07 Å². The molecule has 114 valence electrons. The predicted molar refractivity (Wildman–Crippen MR) is 94.9 cm³/mol. The lowest BCUT2D eigenvalue weighted by atomic mass is 10.1. The van der Waals surface area contributed by atoms with Gasteiger partial charge in [-0.25, -0.2) is 0 Å². The average Bonchev–Trinajstić information content (AvgIpc) is 2.52. The molecule has 0 spiro atoms. The molecule has 0 atom stereocenters. The van der Waals surface area contributed by atoms with Crippen LogP contribution in [0.2, 0.25) is 19.6 Å². The van der Waals surface area contributed by atoms with Gasteiger partial charge in [0.15, 0.2) is 11.5 Å². The molecule has 0 unspecified atom stereocenters. The third kappa shape index (κ3) is 3.93. The van der Waals surface area contributed by atoms with Crippen molar-refractivity contribution in [1.29, 1.82) is 0 Å². The van der Waals surface area contributed by atoms with E-state index in [1.165, 1.54) is 5.19 Å². The zero-order valence-corrected chi connectivity index (χ0v) is 14.9. The summed E-state index contributed by atoms with van der Waals surface area (Å²) in [4.78, 5) is 0. The summed E-state index contributed by atoms with van der Waals surface area (Å²) in [7, 11) is 2.01. The maximum Gasteiger partial charge on any atom is 0.161 e. The van der Waals surface area contributed by atoms with Crippen molar-refractivity contribution in [3.05, 3.63) is 53.6 Å². The Bertz CT molecular complexity index is 701. The van der Waals surface area contributed by atoms with Crippen molar-refractivity contribution in [3.63, 3.8) is 0 Å². The molecule has 0 amide bonds. The molecule has 0 aliphatic heterocycles. The van der Waals surface area contributed by atoms with Crippen LogP contribution in [0.3, 0.4) is 0 Å². The third-order valence-electron chi connectivity index (χ3n) is 3.49. The summed E-state index contributed by atoms with van der Waals surface area (Å²) in [5, 5.41) is 1.45. The zero-order valence-electron chi connectivity index (χ0n) is 13.9. The van der Waals surface area contributed by atoms with Crippen LogP contribution < -0.4 is 14.7 Å². The van der Waals surface area contributed by atoms with E-state index in [1.807, 2.05) is 18.2 Å². The highest BCUT2D eigenvalue weighted by Gasteiger charge is 2.15. The minimum atomic E-state index is -1.24. The molecular weight excluding hydrogens is 288 g/mol. The summed E-state index contributed by atoms with van der Waals surface area (Å²) < 4.78 is 10.5. The predicted octanol–water partition coefficient (Wildman–Crippen LogP) is 3.65. The number of benzene rings is 2. The first-order valence-electron chi connectivity index (χ1n) is 7.28. The summed E-state index contributed by atoms with van der Waals surface area (Å²) in [5.41, 5.74) is 1.93. The minimum absolute atomic E-state index is 0.698. The molecule has 2 nitrogen and oxygen atoms in total. The fraction of sp³-hybridized carbons (Fsp3) is 0.263. The van der Waals surface area contributed by atoms with Gasteiger partial charge in [-0.3, -0.25) is 0 Å². The smallest absolute Gasteiger partial charge is 0.161 e. The van der Waals surface area contributed by atoms with E-state index in [0.29, 0.717) is 11.5 Å². The molecule has 0 bridgehead atoms. The summed E-state index contributed by atoms with van der Waals surface area (Å²) in [6.45, 7) is 7.03. The summed E-state index contributed by atoms with van der Waals surface area (Å²) >= 11 is 0. The van der Waals surface area contributed by atoms with E-state index in [2.05, 4.69) is 55.7 Å². The standard InChI is InChI=1S/C19H22O2Si/c1-20-18-13-10-16(14-19(18)21-2)7-6-15-8-11-17(12-9-15)22(3,4)5/h8-14H,1-5H3. The van der Waals surface area contributed by atoms with Gasteiger partial charge in [-0.05, 0) is 30.3 Å². The first kappa shape index (κ1) is 16.2. The van der Waals surface area contributed by atoms with Crippen LogP contribution in [0.4, 0.5) is 0 Å². The van der Waals surface area contributed by atoms with Crippen molar-refractivity contribution in [2.24, 2.45) is 0 Å². The third-order valence-corrected chi connectivity index (χ3v) is 5.55. The number of rotatable bonds is 3. The summed E-state index contributed by atoms with van der Waals surface area (Å²) in [6.07, 6.45) is 0. The monoisotopic (exact) mass is 310 g/mol. The fourth-order valence-corrected chi connectivity index (χ4v) is 3.28. The number of methoxy groups -OCH3 is 2. The lowest BCUT2D eigenvalue weighted by Crippen LogP contribution is -2.37. The second kappa shape index (κ2) is 6.72. The molecule has 2 aromatic carbocycles. The highest BCUT2D eigenvalue weighted by Crippen LogP contribution is 2.27. The summed E-state index contributed by atoms with van der Waals surface area (Å²) in [5.74, 6) is 7.78. The molecule has 2 aromatic rings. The molecule has 0 heterocycles. The Labute approximate surface area is 134 Å². The van der Waals surface area contributed by atoms with Crippen molar-refractivity contribution in [2.45, 2.75) is 19.6 Å². The molecular formula is C19H22O2Si. The molecule has 0 saturated carbocycles. The van der Waals surface area contributed by atoms with E-state index in [0.717, 1.165) is 11.1 Å². The Hall–Kier alpha value is -2.18. The van der Waals surface area contributed by atoms with Gasteiger partial charge in [-0.2, -0.15) is 0 Å². The maximum absolute atomic E-state index is 5.29. The molecule has 0 aliphatic rings. The number of hydrogen-bond donors (Lipinski definition) is 0. The molecule has 0 saturated heterocycles. The second-order valence-corrected chi connectivity index (χ2v) is 11.2. The van der Waals surface area contributed by atoms with Crippen molar-refractivity contribution < 1.29 is 9.47 Å². The van der Waals surface area contributed by atoms with Crippen molar-refractivity contribution >= 4 is 13.3 Å². The molecule has 3 heteroatoms. The fourth-order valence-electron chi connectivity index (χ4n) is 2.11. The SMILES string of the molecule is COc1ccc(C#Cc2ccc([Si](C)(C)C)cc2)cc1OC. The highest BCUT2D eigenvalue weighted by atomic mass is 28.3. The van der Waals surface area contributed by atoms with Gasteiger partial charge < -0.3 is 9.47 Å². The molecule has 0 fully saturated rings. The van der Waals surface area contributed by atoms with Crippen LogP contribution in [0.15, 0.2) is 42.5 Å². The van der Waals surface area contributed by atoms with Crippen LogP contribution in [-0.4, -0.2) is 22.3 Å². The van der Waals surface area contributed by atoms with Crippen molar-refractivity contribution in [1.82, 2.24) is 0 Å². The largest absolute Gasteiger partial charge is 0.493 e. The Morgan fingerprint density at radius 1 is 0.727 bits per heavy atom. The van der Waals surface area contributed by atoms with Crippen LogP contribution in [0.1, 0.15) is 11.1 Å². The first-order valence-corrected chi connectivity index (χ1v) is 10.8. The van der Waals surface area contributed by atoms with Crippen LogP contribution in [0.5, 0.6) is 11.5 Å². The average molecular weight is 310 g/mol. The normalized spacial score (nSPS) is 10.6. The Morgan fingerprint density at radius 3 is 1.82 bits per heavy atom. The quantitative estimate of drug-likeness (QED) is 0.636. The van der Waals surface area contributed by atoms with Crippen molar-refractivity contribution in [3.8, 4) is 23.3 Å². The van der Waals surface area contributed by atoms with Crippen LogP contribution in [-0.2, 0) is 0 Å². The van der Waals surface area contributed by atoms with E-state index >= 15 is 0 Å². The van der Waals surface area contributed by atoms with Gasteiger partial charge >= 0.3 is 0 Å². The topological polar surface area (TPSA) is 18.5 Å². The zero-order chi connectivity index (χ0) is 16.2. The van der Waals surface area contributed by atoms with E-state index in [4.69, 9.17) is 9.47 Å². The van der Waals surface area contributed by atoms with Gasteiger partial charge in [0.2, 0.25) is 0 Å². The van der Waals surface area contributed by atoms with Gasteiger partial charge in [-0.1, -0.05) is 48.8 Å². The summed E-state index contributed by atoms with van der Waals surface area (Å²) in [6, 6.07) is 14.3. The van der Waals surface area contributed by atoms with Crippen molar-refractivity contribution in [2.75, 3.05) is 14.2 Å². The van der Waals surface area contributed by atoms with Gasteiger partial charge in [0.25, 0.3) is 0 Å². The van der Waals surface area contributed by atoms with Gasteiger partial charge in [0, 0.05) is 11.1 Å². The molecule has 2 rings (SSSR count). The molecule has 0 radical (unpaired) electrons. The van der Waals surface area contributed by atoms with E-state index in [9.17, 15) is 0 Å². The molecule has 0 aromatic heterocycles. The molecule has 22 heavy (non-hydrogen) atoms. The van der Waals surface area contributed by atoms with Crippen LogP contribution >= 0.6 is 0 Å². The van der Waals surface area contributed by atoms with Crippen LogP contribution in [0, 0.1) is 11.8 Å². The lowest BCUT2D eigenvalue weighted by molar-refractivity contribution is 0.355. The maximum atomic E-state index is 5.29. The minimum Gasteiger partial charge on any atom is -0.493 e. The van der Waals surface area contributed by atoms with Crippen LogP contribution in [0.25, 0.3) is 0 Å². The van der Waals surface area contributed by atoms with Gasteiger partial charge in [0.05, 0.1) is 22.3 Å². The first-order chi connectivity index (χ1) is 10.4. The van der Waals surface area contributed by atoms with E-state index in [1.54, 1.807) is 14.2 Å². The highest BCUT2D eigenvalue weighted by molar-refractivity contribution is 6.88. The molecule has 0 N–H and O–H groups in total. The number of ether oxygens (including phenoxy) is 2. The van der Waals surface area contributed by atoms with E-state index in [-0.39, 0.29) is 0 Å².